The van der Waals surface area contributed by atoms with E-state index in [4.69, 9.17) is 0 Å². The lowest BCUT2D eigenvalue weighted by atomic mass is 10.1. The zero-order chi connectivity index (χ0) is 9.52. The molecule has 0 radical (unpaired) electrons. The van der Waals surface area contributed by atoms with E-state index in [1.807, 2.05) is 19.1 Å². The molecule has 1 N–H and O–H groups in total. The molecule has 13 heavy (non-hydrogen) atoms. The van der Waals surface area contributed by atoms with Crippen LogP contribution in [0, 0.1) is 0 Å². The van der Waals surface area contributed by atoms with Crippen molar-refractivity contribution in [1.82, 2.24) is 10.3 Å². The highest BCUT2D eigenvalue weighted by molar-refractivity contribution is 5.82. The largest absolute Gasteiger partial charge is 0.310 e. The molecule has 3 nitrogen and oxygen atoms in total. The maximum atomic E-state index is 11.3. The second-order valence-corrected chi connectivity index (χ2v) is 2.85. The van der Waals surface area contributed by atoms with Crippen molar-refractivity contribution < 1.29 is 4.79 Å². The molecule has 0 atom stereocenters. The van der Waals surface area contributed by atoms with Gasteiger partial charge >= 0.3 is 0 Å². The maximum absolute atomic E-state index is 11.3. The molecule has 0 saturated heterocycles. The first-order valence-corrected chi connectivity index (χ1v) is 4.44. The molecular formula is C10H14N2O. The summed E-state index contributed by atoms with van der Waals surface area (Å²) in [6.45, 7) is 3.28. The van der Waals surface area contributed by atoms with Crippen molar-refractivity contribution in [1.29, 1.82) is 0 Å². The quantitative estimate of drug-likeness (QED) is 0.725. The molecule has 0 unspecified atom stereocenters. The van der Waals surface area contributed by atoms with Gasteiger partial charge in [-0.1, -0.05) is 6.92 Å². The standard InChI is InChI=1S/C10H14N2O/c1-2-11-8-10(13)7-9-3-5-12-6-4-9/h3-6,11H,2,7-8H2,1H3. The molecule has 0 aliphatic carbocycles. The minimum Gasteiger partial charge on any atom is -0.310 e. The summed E-state index contributed by atoms with van der Waals surface area (Å²) in [6.07, 6.45) is 3.90. The maximum Gasteiger partial charge on any atom is 0.150 e. The van der Waals surface area contributed by atoms with Crippen LogP contribution in [0.15, 0.2) is 24.5 Å². The van der Waals surface area contributed by atoms with Crippen molar-refractivity contribution in [3.63, 3.8) is 0 Å². The molecule has 0 saturated carbocycles. The Morgan fingerprint density at radius 2 is 2.15 bits per heavy atom. The summed E-state index contributed by atoms with van der Waals surface area (Å²) >= 11 is 0. The van der Waals surface area contributed by atoms with Gasteiger partial charge in [-0.3, -0.25) is 9.78 Å². The number of nitrogens with zero attached hydrogens (tertiary/aromatic N) is 1. The topological polar surface area (TPSA) is 42.0 Å². The molecule has 0 fully saturated rings. The molecule has 0 spiro atoms. The summed E-state index contributed by atoms with van der Waals surface area (Å²) in [5.74, 6) is 0.216. The second-order valence-electron chi connectivity index (χ2n) is 2.85. The molecule has 3 heteroatoms. The molecule has 0 aliphatic heterocycles. The molecule has 0 bridgehead atoms. The summed E-state index contributed by atoms with van der Waals surface area (Å²) in [7, 11) is 0. The van der Waals surface area contributed by atoms with Gasteiger partial charge in [0.2, 0.25) is 0 Å². The molecule has 1 heterocycles. The first-order chi connectivity index (χ1) is 6.33. The Kier molecular flexibility index (Phi) is 4.12. The first kappa shape index (κ1) is 9.86. The van der Waals surface area contributed by atoms with E-state index in [0.29, 0.717) is 13.0 Å². The van der Waals surface area contributed by atoms with E-state index in [2.05, 4.69) is 10.3 Å². The Balaban J connectivity index is 2.37. The monoisotopic (exact) mass is 178 g/mol. The van der Waals surface area contributed by atoms with Crippen molar-refractivity contribution >= 4 is 5.78 Å². The van der Waals surface area contributed by atoms with Gasteiger partial charge in [0.25, 0.3) is 0 Å². The molecule has 0 amide bonds. The van der Waals surface area contributed by atoms with Crippen molar-refractivity contribution in [3.8, 4) is 0 Å². The molecule has 1 aromatic heterocycles. The summed E-state index contributed by atoms with van der Waals surface area (Å²) < 4.78 is 0. The highest BCUT2D eigenvalue weighted by atomic mass is 16.1. The van der Waals surface area contributed by atoms with Crippen LogP contribution in [0.25, 0.3) is 0 Å². The fourth-order valence-electron chi connectivity index (χ4n) is 1.06. The van der Waals surface area contributed by atoms with Gasteiger partial charge in [0.15, 0.2) is 5.78 Å². The number of Topliss-reactive ketones (excluding diaryl/α,β-unsaturated/α-hetero) is 1. The summed E-state index contributed by atoms with van der Waals surface area (Å²) in [6, 6.07) is 3.73. The van der Waals surface area contributed by atoms with Crippen LogP contribution in [0.4, 0.5) is 0 Å². The number of carbonyl (C=O) groups excluding carboxylic acids is 1. The average molecular weight is 178 g/mol. The number of carbonyl (C=O) groups is 1. The Labute approximate surface area is 78.2 Å². The number of nitrogens with one attached hydrogen (secondary N) is 1. The first-order valence-electron chi connectivity index (χ1n) is 4.44. The number of hydrogen-bond donors (Lipinski definition) is 1. The third-order valence-electron chi connectivity index (χ3n) is 1.72. The molecule has 1 rings (SSSR count). The Bertz CT molecular complexity index is 259. The lowest BCUT2D eigenvalue weighted by Gasteiger charge is -2.00. The van der Waals surface area contributed by atoms with Crippen molar-refractivity contribution in [2.75, 3.05) is 13.1 Å². The highest BCUT2D eigenvalue weighted by Gasteiger charge is 2.01. The predicted octanol–water partition coefficient (Wildman–Crippen LogP) is 0.803. The number of hydrogen-bond acceptors (Lipinski definition) is 3. The summed E-state index contributed by atoms with van der Waals surface area (Å²) in [5.41, 5.74) is 1.03. The molecule has 0 aromatic carbocycles. The van der Waals surface area contributed by atoms with E-state index in [-0.39, 0.29) is 5.78 Å². The third kappa shape index (κ3) is 3.80. The smallest absolute Gasteiger partial charge is 0.150 e. The van der Waals surface area contributed by atoms with Crippen LogP contribution in [0.5, 0.6) is 0 Å². The number of aromatic nitrogens is 1. The fourth-order valence-corrected chi connectivity index (χ4v) is 1.06. The lowest BCUT2D eigenvalue weighted by molar-refractivity contribution is -0.117. The van der Waals surface area contributed by atoms with Gasteiger partial charge < -0.3 is 5.32 Å². The van der Waals surface area contributed by atoms with Crippen LogP contribution < -0.4 is 5.32 Å². The van der Waals surface area contributed by atoms with E-state index >= 15 is 0 Å². The number of likely N-dealkylation sites (N-methyl/N-ethyl adjacent to an activating group) is 1. The molecule has 70 valence electrons. The van der Waals surface area contributed by atoms with Crippen molar-refractivity contribution in [2.45, 2.75) is 13.3 Å². The SMILES string of the molecule is CCNCC(=O)Cc1ccncc1. The molecule has 1 aromatic rings. The predicted molar refractivity (Wildman–Crippen MR) is 51.5 cm³/mol. The van der Waals surface area contributed by atoms with Crippen LogP contribution in [0.3, 0.4) is 0 Å². The highest BCUT2D eigenvalue weighted by Crippen LogP contribution is 1.97. The lowest BCUT2D eigenvalue weighted by Crippen LogP contribution is -2.23. The van der Waals surface area contributed by atoms with E-state index in [0.717, 1.165) is 12.1 Å². The number of rotatable bonds is 5. The van der Waals surface area contributed by atoms with Gasteiger partial charge in [0.05, 0.1) is 6.54 Å². The van der Waals surface area contributed by atoms with Gasteiger partial charge in [0.1, 0.15) is 0 Å². The third-order valence-corrected chi connectivity index (χ3v) is 1.72. The van der Waals surface area contributed by atoms with Gasteiger partial charge in [-0.2, -0.15) is 0 Å². The normalized spacial score (nSPS) is 9.92. The molecular weight excluding hydrogens is 164 g/mol. The summed E-state index contributed by atoms with van der Waals surface area (Å²) in [5, 5.41) is 3.00. The van der Waals surface area contributed by atoms with Crippen LogP contribution in [-0.2, 0) is 11.2 Å². The number of ketones is 1. The van der Waals surface area contributed by atoms with Crippen LogP contribution in [0.1, 0.15) is 12.5 Å². The minimum absolute atomic E-state index is 0.216. The van der Waals surface area contributed by atoms with Crippen LogP contribution in [-0.4, -0.2) is 23.9 Å². The average Bonchev–Trinajstić information content (AvgIpc) is 2.16. The summed E-state index contributed by atoms with van der Waals surface area (Å²) in [4.78, 5) is 15.2. The van der Waals surface area contributed by atoms with E-state index < -0.39 is 0 Å². The van der Waals surface area contributed by atoms with E-state index in [1.54, 1.807) is 12.4 Å². The minimum atomic E-state index is 0.216. The Morgan fingerprint density at radius 3 is 2.77 bits per heavy atom. The van der Waals surface area contributed by atoms with Gasteiger partial charge in [0, 0.05) is 18.8 Å². The molecule has 0 aliphatic rings. The van der Waals surface area contributed by atoms with Gasteiger partial charge in [-0.15, -0.1) is 0 Å². The zero-order valence-corrected chi connectivity index (χ0v) is 7.79. The van der Waals surface area contributed by atoms with Gasteiger partial charge in [-0.05, 0) is 24.2 Å². The second kappa shape index (κ2) is 5.43. The van der Waals surface area contributed by atoms with Crippen LogP contribution >= 0.6 is 0 Å². The van der Waals surface area contributed by atoms with Crippen LogP contribution in [0.2, 0.25) is 0 Å². The Morgan fingerprint density at radius 1 is 1.46 bits per heavy atom. The zero-order valence-electron chi connectivity index (χ0n) is 7.79. The Hall–Kier alpha value is -1.22. The van der Waals surface area contributed by atoms with Crippen molar-refractivity contribution in [2.24, 2.45) is 0 Å². The fraction of sp³-hybridized carbons (Fsp3) is 0.400. The van der Waals surface area contributed by atoms with Crippen molar-refractivity contribution in [3.05, 3.63) is 30.1 Å². The number of pyridine rings is 1. The van der Waals surface area contributed by atoms with E-state index in [1.165, 1.54) is 0 Å². The van der Waals surface area contributed by atoms with Gasteiger partial charge in [-0.25, -0.2) is 0 Å². The van der Waals surface area contributed by atoms with E-state index in [9.17, 15) is 4.79 Å².